The predicted octanol–water partition coefficient (Wildman–Crippen LogP) is 3.70. The van der Waals surface area contributed by atoms with Crippen LogP contribution in [0.5, 0.6) is 0 Å². The van der Waals surface area contributed by atoms with E-state index in [-0.39, 0.29) is 17.9 Å². The van der Waals surface area contributed by atoms with Crippen molar-refractivity contribution < 1.29 is 13.2 Å². The molecule has 150 valence electrons. The van der Waals surface area contributed by atoms with E-state index >= 15 is 0 Å². The highest BCUT2D eigenvalue weighted by Gasteiger charge is 2.30. The Morgan fingerprint density at radius 1 is 1.04 bits per heavy atom. The second-order valence-electron chi connectivity index (χ2n) is 8.34. The molecule has 0 atom stereocenters. The molecule has 2 N–H and O–H groups in total. The zero-order chi connectivity index (χ0) is 19.6. The van der Waals surface area contributed by atoms with E-state index in [0.717, 1.165) is 44.2 Å². The van der Waals surface area contributed by atoms with Crippen LogP contribution in [-0.4, -0.2) is 25.6 Å². The summed E-state index contributed by atoms with van der Waals surface area (Å²) in [6.07, 6.45) is 7.44. The minimum Gasteiger partial charge on any atom is -0.326 e. The SMILES string of the molecule is Cc1ccc(NC(=O)C2CCC(NS(=O)(=O)C(C)C)CC2)c2c1CCCC2. The van der Waals surface area contributed by atoms with Crippen LogP contribution >= 0.6 is 0 Å². The van der Waals surface area contributed by atoms with Crippen LogP contribution < -0.4 is 10.0 Å². The van der Waals surface area contributed by atoms with E-state index in [1.165, 1.54) is 29.5 Å². The molecule has 3 rings (SSSR count). The molecule has 5 nitrogen and oxygen atoms in total. The number of hydrogen-bond donors (Lipinski definition) is 2. The Hall–Kier alpha value is -1.40. The van der Waals surface area contributed by atoms with Crippen LogP contribution in [0, 0.1) is 12.8 Å². The van der Waals surface area contributed by atoms with Crippen molar-refractivity contribution in [3.8, 4) is 0 Å². The number of nitrogens with one attached hydrogen (secondary N) is 2. The first-order valence-corrected chi connectivity index (χ1v) is 11.8. The molecule has 1 amide bonds. The van der Waals surface area contributed by atoms with Crippen molar-refractivity contribution in [1.82, 2.24) is 4.72 Å². The van der Waals surface area contributed by atoms with Gasteiger partial charge in [-0.15, -0.1) is 0 Å². The van der Waals surface area contributed by atoms with Crippen LogP contribution in [0.1, 0.15) is 69.1 Å². The van der Waals surface area contributed by atoms with Gasteiger partial charge in [0.2, 0.25) is 15.9 Å². The van der Waals surface area contributed by atoms with E-state index in [1.54, 1.807) is 13.8 Å². The molecule has 27 heavy (non-hydrogen) atoms. The first kappa shape index (κ1) is 20.3. The normalized spacial score (nSPS) is 23.1. The number of carbonyl (C=O) groups is 1. The summed E-state index contributed by atoms with van der Waals surface area (Å²) in [7, 11) is -3.25. The van der Waals surface area contributed by atoms with Gasteiger partial charge in [-0.3, -0.25) is 4.79 Å². The molecule has 1 aromatic carbocycles. The van der Waals surface area contributed by atoms with Gasteiger partial charge in [-0.2, -0.15) is 0 Å². The lowest BCUT2D eigenvalue weighted by atomic mass is 9.85. The fourth-order valence-electron chi connectivity index (χ4n) is 4.24. The first-order chi connectivity index (χ1) is 12.8. The smallest absolute Gasteiger partial charge is 0.227 e. The van der Waals surface area contributed by atoms with E-state index in [4.69, 9.17) is 0 Å². The van der Waals surface area contributed by atoms with E-state index in [2.05, 4.69) is 23.0 Å². The van der Waals surface area contributed by atoms with Crippen LogP contribution in [0.3, 0.4) is 0 Å². The Morgan fingerprint density at radius 3 is 2.30 bits per heavy atom. The monoisotopic (exact) mass is 392 g/mol. The van der Waals surface area contributed by atoms with Crippen LogP contribution in [0.4, 0.5) is 5.69 Å². The Bertz CT molecular complexity index is 794. The number of benzene rings is 1. The fourth-order valence-corrected chi connectivity index (χ4v) is 5.21. The molecule has 0 saturated heterocycles. The highest BCUT2D eigenvalue weighted by atomic mass is 32.2. The number of fused-ring (bicyclic) bond motifs is 1. The standard InChI is InChI=1S/C21H32N2O3S/c1-14(2)27(25,26)23-17-11-9-16(10-12-17)21(24)22-20-13-8-15(3)18-6-4-5-7-19(18)20/h8,13-14,16-17,23H,4-7,9-12H2,1-3H3,(H,22,24). The molecule has 0 unspecified atom stereocenters. The maximum Gasteiger partial charge on any atom is 0.227 e. The van der Waals surface area contributed by atoms with Crippen molar-refractivity contribution in [1.29, 1.82) is 0 Å². The Morgan fingerprint density at radius 2 is 1.67 bits per heavy atom. The number of aryl methyl sites for hydroxylation is 1. The summed E-state index contributed by atoms with van der Waals surface area (Å²) in [6, 6.07) is 4.10. The van der Waals surface area contributed by atoms with Crippen LogP contribution in [-0.2, 0) is 27.7 Å². The second kappa shape index (κ2) is 8.31. The van der Waals surface area contributed by atoms with Gasteiger partial charge >= 0.3 is 0 Å². The molecule has 1 aromatic rings. The molecule has 0 spiro atoms. The maximum atomic E-state index is 12.8. The zero-order valence-corrected chi connectivity index (χ0v) is 17.5. The van der Waals surface area contributed by atoms with Gasteiger partial charge in [-0.25, -0.2) is 13.1 Å². The Balaban J connectivity index is 1.59. The maximum absolute atomic E-state index is 12.8. The number of amides is 1. The number of hydrogen-bond acceptors (Lipinski definition) is 3. The van der Waals surface area contributed by atoms with E-state index in [9.17, 15) is 13.2 Å². The Labute approximate surface area is 163 Å². The molecule has 1 fully saturated rings. The zero-order valence-electron chi connectivity index (χ0n) is 16.7. The third kappa shape index (κ3) is 4.72. The molecule has 0 aliphatic heterocycles. The molecule has 0 aromatic heterocycles. The van der Waals surface area contributed by atoms with Gasteiger partial charge in [-0.1, -0.05) is 6.07 Å². The lowest BCUT2D eigenvalue weighted by Gasteiger charge is -2.29. The van der Waals surface area contributed by atoms with Crippen molar-refractivity contribution >= 4 is 21.6 Å². The molecule has 0 heterocycles. The van der Waals surface area contributed by atoms with Gasteiger partial charge in [0.05, 0.1) is 5.25 Å². The van der Waals surface area contributed by atoms with Crippen LogP contribution in [0.2, 0.25) is 0 Å². The van der Waals surface area contributed by atoms with E-state index < -0.39 is 15.3 Å². The third-order valence-electron chi connectivity index (χ3n) is 6.08. The fraction of sp³-hybridized carbons (Fsp3) is 0.667. The summed E-state index contributed by atoms with van der Waals surface area (Å²) in [4.78, 5) is 12.8. The molecular weight excluding hydrogens is 360 g/mol. The van der Waals surface area contributed by atoms with Gasteiger partial charge in [0.25, 0.3) is 0 Å². The summed E-state index contributed by atoms with van der Waals surface area (Å²) < 4.78 is 26.8. The lowest BCUT2D eigenvalue weighted by Crippen LogP contribution is -2.42. The molecule has 1 saturated carbocycles. The molecule has 6 heteroatoms. The predicted molar refractivity (Wildman–Crippen MR) is 109 cm³/mol. The quantitative estimate of drug-likeness (QED) is 0.802. The minimum absolute atomic E-state index is 0.0367. The molecule has 2 aliphatic carbocycles. The number of anilines is 1. The van der Waals surface area contributed by atoms with Crippen molar-refractivity contribution in [2.75, 3.05) is 5.32 Å². The lowest BCUT2D eigenvalue weighted by molar-refractivity contribution is -0.120. The minimum atomic E-state index is -3.25. The second-order valence-corrected chi connectivity index (χ2v) is 10.6. The van der Waals surface area contributed by atoms with Gasteiger partial charge < -0.3 is 5.32 Å². The average molecular weight is 393 g/mol. The largest absolute Gasteiger partial charge is 0.326 e. The van der Waals surface area contributed by atoms with Crippen LogP contribution in [0.25, 0.3) is 0 Å². The van der Waals surface area contributed by atoms with Crippen molar-refractivity contribution in [2.24, 2.45) is 5.92 Å². The van der Waals surface area contributed by atoms with Gasteiger partial charge in [-0.05, 0) is 94.9 Å². The summed E-state index contributed by atoms with van der Waals surface area (Å²) >= 11 is 0. The van der Waals surface area contributed by atoms with Crippen molar-refractivity contribution in [2.45, 2.75) is 83.4 Å². The van der Waals surface area contributed by atoms with E-state index in [1.807, 2.05) is 6.07 Å². The molecule has 0 bridgehead atoms. The first-order valence-electron chi connectivity index (χ1n) is 10.2. The van der Waals surface area contributed by atoms with Crippen LogP contribution in [0.15, 0.2) is 12.1 Å². The molecule has 0 radical (unpaired) electrons. The van der Waals surface area contributed by atoms with Crippen molar-refractivity contribution in [3.05, 3.63) is 28.8 Å². The van der Waals surface area contributed by atoms with E-state index in [0.29, 0.717) is 0 Å². The topological polar surface area (TPSA) is 75.3 Å². The molecular formula is C21H32N2O3S. The summed E-state index contributed by atoms with van der Waals surface area (Å²) in [5.41, 5.74) is 5.02. The summed E-state index contributed by atoms with van der Waals surface area (Å²) in [5.74, 6) is 0.0436. The van der Waals surface area contributed by atoms with Gasteiger partial charge in [0.15, 0.2) is 0 Å². The average Bonchev–Trinajstić information content (AvgIpc) is 2.64. The molecule has 2 aliphatic rings. The summed E-state index contributed by atoms with van der Waals surface area (Å²) in [6.45, 7) is 5.52. The summed E-state index contributed by atoms with van der Waals surface area (Å²) in [5, 5.41) is 2.75. The Kier molecular flexibility index (Phi) is 6.26. The third-order valence-corrected chi connectivity index (χ3v) is 7.98. The van der Waals surface area contributed by atoms with Crippen molar-refractivity contribution in [3.63, 3.8) is 0 Å². The number of sulfonamides is 1. The van der Waals surface area contributed by atoms with Gasteiger partial charge in [0, 0.05) is 17.6 Å². The number of carbonyl (C=O) groups excluding carboxylic acids is 1. The highest BCUT2D eigenvalue weighted by molar-refractivity contribution is 7.90. The number of rotatable bonds is 5. The van der Waals surface area contributed by atoms with Gasteiger partial charge in [0.1, 0.15) is 0 Å². The highest BCUT2D eigenvalue weighted by Crippen LogP contribution is 2.32.